The van der Waals surface area contributed by atoms with Gasteiger partial charge in [0.15, 0.2) is 0 Å². The van der Waals surface area contributed by atoms with E-state index in [-0.39, 0.29) is 28.9 Å². The van der Waals surface area contributed by atoms with Crippen molar-refractivity contribution in [1.82, 2.24) is 20.6 Å². The summed E-state index contributed by atoms with van der Waals surface area (Å²) in [7, 11) is -10.7. The fraction of sp³-hybridized carbons (Fsp3) is 0.0769. The topological polar surface area (TPSA) is 84.0 Å². The number of rotatable bonds is 12. The van der Waals surface area contributed by atoms with Crippen molar-refractivity contribution >= 4 is 19.6 Å². The average molecular weight is 965 g/mol. The molecule has 0 unspecified atom stereocenters. The van der Waals surface area contributed by atoms with Gasteiger partial charge in [0.05, 0.1) is 24.5 Å². The zero-order valence-electron chi connectivity index (χ0n) is 35.1. The van der Waals surface area contributed by atoms with Gasteiger partial charge in [-0.05, 0) is 57.6 Å². The second-order valence-electron chi connectivity index (χ2n) is 14.7. The van der Waals surface area contributed by atoms with E-state index in [1.54, 1.807) is 12.4 Å². The summed E-state index contributed by atoms with van der Waals surface area (Å²) in [5.74, 6) is -0.154. The van der Waals surface area contributed by atoms with E-state index in [9.17, 15) is 34.8 Å². The summed E-state index contributed by atoms with van der Waals surface area (Å²) in [5.41, 5.74) is 5.29. The third kappa shape index (κ3) is 13.6. The molecular weight excluding hydrogens is 921 g/mol. The van der Waals surface area contributed by atoms with E-state index in [0.717, 1.165) is 44.8 Å². The predicted molar refractivity (Wildman–Crippen MR) is 244 cm³/mol. The minimum absolute atomic E-state index is 0. The largest absolute Gasteiger partial charge is 1.00 e. The zero-order valence-corrected chi connectivity index (χ0v) is 36.9. The number of nitrogens with one attached hydrogen (secondary N) is 2. The number of hydrogen-bond donors (Lipinski definition) is 2. The molecule has 0 atom stereocenters. The van der Waals surface area contributed by atoms with Gasteiger partial charge in [-0.3, -0.25) is 19.6 Å². The van der Waals surface area contributed by atoms with Crippen LogP contribution < -0.4 is 10.6 Å². The smallest absolute Gasteiger partial charge is 0.349 e. The third-order valence-electron chi connectivity index (χ3n) is 10.2. The van der Waals surface area contributed by atoms with Gasteiger partial charge in [-0.1, -0.05) is 194 Å². The molecule has 0 radical (unpaired) electrons. The minimum Gasteiger partial charge on any atom is -0.349 e. The molecule has 66 heavy (non-hydrogen) atoms. The molecule has 0 saturated carbocycles. The Morgan fingerprint density at radius 2 is 0.561 bits per heavy atom. The Labute approximate surface area is 389 Å². The Balaban J connectivity index is 0.000000214. The van der Waals surface area contributed by atoms with Crippen LogP contribution in [0.2, 0.25) is 0 Å². The molecule has 8 aromatic rings. The molecule has 0 fully saturated rings. The molecule has 0 saturated heterocycles. The second-order valence-corrected chi connectivity index (χ2v) is 16.6. The van der Waals surface area contributed by atoms with Crippen molar-refractivity contribution in [3.63, 3.8) is 0 Å². The molecule has 2 aromatic heterocycles. The Hall–Kier alpha value is -6.91. The van der Waals surface area contributed by atoms with E-state index in [1.165, 1.54) is 0 Å². The van der Waals surface area contributed by atoms with Crippen LogP contribution in [0.15, 0.2) is 231 Å². The van der Waals surface area contributed by atoms with Gasteiger partial charge in [0.25, 0.3) is 0 Å². The minimum atomic E-state index is -10.7. The summed E-state index contributed by atoms with van der Waals surface area (Å²) in [5, 5.41) is 6.27. The third-order valence-corrected chi connectivity index (χ3v) is 10.2. The molecular formula is C52H44CuF6N4O2P. The molecule has 0 aliphatic carbocycles. The van der Waals surface area contributed by atoms with E-state index >= 15 is 0 Å². The Morgan fingerprint density at radius 1 is 0.364 bits per heavy atom. The maximum absolute atomic E-state index is 13.9. The number of amides is 2. The van der Waals surface area contributed by atoms with Crippen LogP contribution in [0.25, 0.3) is 0 Å². The van der Waals surface area contributed by atoms with Crippen molar-refractivity contribution < 1.29 is 51.8 Å². The van der Waals surface area contributed by atoms with Crippen LogP contribution in [-0.2, 0) is 50.6 Å². The molecule has 2 heterocycles. The summed E-state index contributed by atoms with van der Waals surface area (Å²) in [4.78, 5) is 36.5. The van der Waals surface area contributed by atoms with Crippen LogP contribution in [0.4, 0.5) is 25.2 Å². The number of carbonyl (C=O) groups is 2. The van der Waals surface area contributed by atoms with Gasteiger partial charge in [0, 0.05) is 12.4 Å². The molecule has 14 heteroatoms. The van der Waals surface area contributed by atoms with Gasteiger partial charge >= 0.3 is 50.1 Å². The van der Waals surface area contributed by atoms with Crippen molar-refractivity contribution in [1.29, 1.82) is 0 Å². The van der Waals surface area contributed by atoms with Gasteiger partial charge in [0.1, 0.15) is 10.8 Å². The predicted octanol–water partition coefficient (Wildman–Crippen LogP) is 12.8. The van der Waals surface area contributed by atoms with Crippen molar-refractivity contribution in [3.05, 3.63) is 276 Å². The van der Waals surface area contributed by atoms with Crippen molar-refractivity contribution in [2.75, 3.05) is 0 Å². The number of pyridine rings is 2. The molecule has 0 aliphatic heterocycles. The Bertz CT molecular complexity index is 2340. The fourth-order valence-electron chi connectivity index (χ4n) is 7.53. The van der Waals surface area contributed by atoms with Crippen LogP contribution in [0, 0.1) is 0 Å². The number of nitrogens with zero attached hydrogens (tertiary/aromatic N) is 2. The molecule has 6 nitrogen and oxygen atoms in total. The fourth-order valence-corrected chi connectivity index (χ4v) is 7.53. The quantitative estimate of drug-likeness (QED) is 0.0553. The number of benzene rings is 6. The molecule has 342 valence electrons. The van der Waals surface area contributed by atoms with E-state index < -0.39 is 18.6 Å². The molecule has 0 aliphatic rings. The first-order valence-electron chi connectivity index (χ1n) is 20.3. The van der Waals surface area contributed by atoms with Crippen LogP contribution >= 0.6 is 7.81 Å². The van der Waals surface area contributed by atoms with Crippen LogP contribution in [0.3, 0.4) is 0 Å². The van der Waals surface area contributed by atoms with Crippen molar-refractivity contribution in [3.8, 4) is 0 Å². The maximum Gasteiger partial charge on any atom is 1.00 e. The second kappa shape index (κ2) is 21.4. The zero-order chi connectivity index (χ0) is 46.3. The molecule has 2 N–H and O–H groups in total. The Morgan fingerprint density at radius 3 is 0.742 bits per heavy atom. The molecule has 0 spiro atoms. The van der Waals surface area contributed by atoms with Crippen molar-refractivity contribution in [2.24, 2.45) is 0 Å². The van der Waals surface area contributed by atoms with E-state index in [4.69, 9.17) is 0 Å². The number of halogens is 6. The van der Waals surface area contributed by atoms with Gasteiger partial charge in [-0.2, -0.15) is 0 Å². The summed E-state index contributed by atoms with van der Waals surface area (Å²) in [6.07, 6.45) is 3.47. The first-order chi connectivity index (χ1) is 31.1. The standard InChI is InChI=1S/2C26H22N2O.Cu.F6P/c2*29-25(28-20-24-18-10-11-19-27-24)26(21-12-4-1-5-13-21,22-14-6-2-7-15-22)23-16-8-3-9-17-23;;1-7(2,3,4,5)6/h2*1-19H,20H2,(H,28,29);;/q;;+1;-1. The Kier molecular flexibility index (Phi) is 16.2. The molecule has 2 amide bonds. The molecule has 8 rings (SSSR count). The van der Waals surface area contributed by atoms with Crippen LogP contribution in [0.5, 0.6) is 0 Å². The summed E-state index contributed by atoms with van der Waals surface area (Å²) >= 11 is 0. The number of hydrogen-bond acceptors (Lipinski definition) is 4. The van der Waals surface area contributed by atoms with Gasteiger partial charge in [0.2, 0.25) is 11.8 Å². The summed E-state index contributed by atoms with van der Waals surface area (Å²) in [6.45, 7) is 0.738. The monoisotopic (exact) mass is 964 g/mol. The number of carbonyl (C=O) groups excluding carboxylic acids is 2. The molecule has 0 bridgehead atoms. The van der Waals surface area contributed by atoms with Gasteiger partial charge in [-0.25, -0.2) is 0 Å². The average Bonchev–Trinajstić information content (AvgIpc) is 3.33. The SMILES string of the molecule is F[P-](F)(F)(F)(F)F.O=C(NCc1ccccn1)C(c1ccccc1)(c1ccccc1)c1ccccc1.O=C(NCc1ccccn1)C(c1ccccc1)(c1ccccc1)c1ccccc1.[Cu+]. The van der Waals surface area contributed by atoms with Gasteiger partial charge in [-0.15, -0.1) is 0 Å². The first kappa shape index (κ1) is 50.1. The maximum atomic E-state index is 13.9. The molecule has 6 aromatic carbocycles. The first-order valence-corrected chi connectivity index (χ1v) is 22.4. The summed E-state index contributed by atoms with van der Waals surface area (Å²) in [6, 6.07) is 71.1. The van der Waals surface area contributed by atoms with Crippen molar-refractivity contribution in [2.45, 2.75) is 23.9 Å². The van der Waals surface area contributed by atoms with E-state index in [2.05, 4.69) is 20.6 Å². The number of aromatic nitrogens is 2. The summed E-state index contributed by atoms with van der Waals surface area (Å²) < 4.78 is 59.2. The van der Waals surface area contributed by atoms with E-state index in [0.29, 0.717) is 13.1 Å². The van der Waals surface area contributed by atoms with E-state index in [1.807, 2.05) is 218 Å². The van der Waals surface area contributed by atoms with Crippen LogP contribution in [-0.4, -0.2) is 21.8 Å². The van der Waals surface area contributed by atoms with Gasteiger partial charge < -0.3 is 10.6 Å². The van der Waals surface area contributed by atoms with Crippen LogP contribution in [0.1, 0.15) is 44.8 Å². The normalized spacial score (nSPS) is 12.2.